The van der Waals surface area contributed by atoms with Gasteiger partial charge in [-0.25, -0.2) is 0 Å². The van der Waals surface area contributed by atoms with Crippen LogP contribution in [0.1, 0.15) is 15.9 Å². The van der Waals surface area contributed by atoms with Crippen LogP contribution in [0.4, 0.5) is 5.69 Å². The Bertz CT molecular complexity index is 1000. The van der Waals surface area contributed by atoms with Crippen molar-refractivity contribution in [2.45, 2.75) is 12.5 Å². The van der Waals surface area contributed by atoms with Gasteiger partial charge in [-0.1, -0.05) is 41.9 Å². The average molecular weight is 378 g/mol. The summed E-state index contributed by atoms with van der Waals surface area (Å²) >= 11 is 5.97. The SMILES string of the molecule is O=C1NC(Cc2ccc(-c3ccccn3)cc2)C(=O)Nc2ccc(Cl)cc21. The number of fused-ring (bicyclic) bond motifs is 1. The van der Waals surface area contributed by atoms with Crippen LogP contribution in [-0.4, -0.2) is 22.8 Å². The van der Waals surface area contributed by atoms with Gasteiger partial charge in [0.1, 0.15) is 6.04 Å². The molecule has 3 aromatic rings. The number of nitrogens with one attached hydrogen (secondary N) is 2. The number of nitrogens with zero attached hydrogens (tertiary/aromatic N) is 1. The molecule has 2 amide bonds. The largest absolute Gasteiger partial charge is 0.340 e. The van der Waals surface area contributed by atoms with Crippen molar-refractivity contribution in [1.29, 1.82) is 0 Å². The minimum atomic E-state index is -0.663. The average Bonchev–Trinajstić information content (AvgIpc) is 2.80. The summed E-state index contributed by atoms with van der Waals surface area (Å²) in [5.74, 6) is -0.570. The minimum absolute atomic E-state index is 0.252. The van der Waals surface area contributed by atoms with Gasteiger partial charge in [0, 0.05) is 23.2 Å². The van der Waals surface area contributed by atoms with Gasteiger partial charge in [0.25, 0.3) is 5.91 Å². The number of carbonyl (C=O) groups excluding carboxylic acids is 2. The fourth-order valence-corrected chi connectivity index (χ4v) is 3.23. The van der Waals surface area contributed by atoms with Crippen molar-refractivity contribution in [3.05, 3.63) is 83.0 Å². The molecule has 2 heterocycles. The van der Waals surface area contributed by atoms with Crippen molar-refractivity contribution in [2.24, 2.45) is 0 Å². The van der Waals surface area contributed by atoms with Crippen LogP contribution in [0, 0.1) is 0 Å². The van der Waals surface area contributed by atoms with Crippen molar-refractivity contribution < 1.29 is 9.59 Å². The molecule has 2 N–H and O–H groups in total. The van der Waals surface area contributed by atoms with Gasteiger partial charge >= 0.3 is 0 Å². The summed E-state index contributed by atoms with van der Waals surface area (Å²) in [6.45, 7) is 0. The van der Waals surface area contributed by atoms with Crippen LogP contribution in [0.3, 0.4) is 0 Å². The first kappa shape index (κ1) is 17.2. The Labute approximate surface area is 161 Å². The van der Waals surface area contributed by atoms with Crippen LogP contribution in [0.15, 0.2) is 66.9 Å². The zero-order chi connectivity index (χ0) is 18.8. The smallest absolute Gasteiger partial charge is 0.254 e. The third-order valence-electron chi connectivity index (χ3n) is 4.46. The highest BCUT2D eigenvalue weighted by atomic mass is 35.5. The zero-order valence-electron chi connectivity index (χ0n) is 14.3. The maximum Gasteiger partial charge on any atom is 0.254 e. The first-order valence-corrected chi connectivity index (χ1v) is 8.89. The molecule has 0 aliphatic carbocycles. The molecule has 5 nitrogen and oxygen atoms in total. The highest BCUT2D eigenvalue weighted by Gasteiger charge is 2.28. The lowest BCUT2D eigenvalue weighted by Gasteiger charge is -2.15. The Balaban J connectivity index is 1.53. The van der Waals surface area contributed by atoms with Gasteiger partial charge in [-0.15, -0.1) is 0 Å². The standard InChI is InChI=1S/C21H16ClN3O2/c22-15-8-9-18-16(12-15)20(26)25-19(21(27)24-18)11-13-4-6-14(7-5-13)17-3-1-2-10-23-17/h1-10,12,19H,11H2,(H,24,27)(H,25,26). The molecule has 2 aromatic carbocycles. The molecule has 1 aromatic heterocycles. The Morgan fingerprint density at radius 1 is 1.00 bits per heavy atom. The number of anilines is 1. The number of aromatic nitrogens is 1. The fraction of sp³-hybridized carbons (Fsp3) is 0.0952. The van der Waals surface area contributed by atoms with Crippen molar-refractivity contribution in [2.75, 3.05) is 5.32 Å². The summed E-state index contributed by atoms with van der Waals surface area (Å²) in [5.41, 5.74) is 3.66. The summed E-state index contributed by atoms with van der Waals surface area (Å²) in [4.78, 5) is 29.3. The highest BCUT2D eigenvalue weighted by Crippen LogP contribution is 2.24. The number of hydrogen-bond donors (Lipinski definition) is 2. The lowest BCUT2D eigenvalue weighted by molar-refractivity contribution is -0.117. The molecule has 0 saturated heterocycles. The van der Waals surface area contributed by atoms with E-state index in [2.05, 4.69) is 15.6 Å². The lowest BCUT2D eigenvalue weighted by Crippen LogP contribution is -2.42. The van der Waals surface area contributed by atoms with Gasteiger partial charge in [0.2, 0.25) is 5.91 Å². The number of halogens is 1. The Kier molecular flexibility index (Phi) is 4.60. The van der Waals surface area contributed by atoms with E-state index in [4.69, 9.17) is 11.6 Å². The van der Waals surface area contributed by atoms with Crippen LogP contribution in [-0.2, 0) is 11.2 Å². The molecule has 1 aliphatic heterocycles. The van der Waals surface area contributed by atoms with Crippen molar-refractivity contribution in [3.8, 4) is 11.3 Å². The second kappa shape index (κ2) is 7.21. The molecule has 134 valence electrons. The second-order valence-corrected chi connectivity index (χ2v) is 6.76. The van der Waals surface area contributed by atoms with Crippen molar-refractivity contribution in [3.63, 3.8) is 0 Å². The third kappa shape index (κ3) is 3.68. The minimum Gasteiger partial charge on any atom is -0.340 e. The molecule has 0 spiro atoms. The predicted molar refractivity (Wildman–Crippen MR) is 105 cm³/mol. The molecule has 0 fully saturated rings. The Morgan fingerprint density at radius 2 is 1.81 bits per heavy atom. The summed E-state index contributed by atoms with van der Waals surface area (Å²) in [6.07, 6.45) is 2.14. The van der Waals surface area contributed by atoms with E-state index in [0.717, 1.165) is 16.8 Å². The molecule has 0 bridgehead atoms. The second-order valence-electron chi connectivity index (χ2n) is 6.32. The van der Waals surface area contributed by atoms with Crippen LogP contribution in [0.25, 0.3) is 11.3 Å². The molecular weight excluding hydrogens is 362 g/mol. The lowest BCUT2D eigenvalue weighted by atomic mass is 10.0. The number of pyridine rings is 1. The summed E-state index contributed by atoms with van der Waals surface area (Å²) in [5, 5.41) is 6.03. The summed E-state index contributed by atoms with van der Waals surface area (Å²) in [7, 11) is 0. The Hall–Kier alpha value is -3.18. The van der Waals surface area contributed by atoms with E-state index < -0.39 is 6.04 Å². The molecular formula is C21H16ClN3O2. The van der Waals surface area contributed by atoms with E-state index >= 15 is 0 Å². The van der Waals surface area contributed by atoms with Gasteiger partial charge in [0.15, 0.2) is 0 Å². The molecule has 1 unspecified atom stereocenters. The van der Waals surface area contributed by atoms with E-state index in [1.54, 1.807) is 24.4 Å². The maximum absolute atomic E-state index is 12.5. The Morgan fingerprint density at radius 3 is 2.56 bits per heavy atom. The van der Waals surface area contributed by atoms with Gasteiger partial charge in [0.05, 0.1) is 16.9 Å². The van der Waals surface area contributed by atoms with Crippen molar-refractivity contribution >= 4 is 29.1 Å². The zero-order valence-corrected chi connectivity index (χ0v) is 15.0. The quantitative estimate of drug-likeness (QED) is 0.731. The molecule has 6 heteroatoms. The maximum atomic E-state index is 12.5. The molecule has 4 rings (SSSR count). The highest BCUT2D eigenvalue weighted by molar-refractivity contribution is 6.31. The number of carbonyl (C=O) groups is 2. The third-order valence-corrected chi connectivity index (χ3v) is 4.70. The van der Waals surface area contributed by atoms with Crippen LogP contribution >= 0.6 is 11.6 Å². The van der Waals surface area contributed by atoms with E-state index in [1.165, 1.54) is 0 Å². The van der Waals surface area contributed by atoms with Crippen LogP contribution in [0.5, 0.6) is 0 Å². The monoisotopic (exact) mass is 377 g/mol. The topological polar surface area (TPSA) is 71.1 Å². The molecule has 0 saturated carbocycles. The molecule has 1 atom stereocenters. The van der Waals surface area contributed by atoms with Crippen LogP contribution in [0.2, 0.25) is 5.02 Å². The fourth-order valence-electron chi connectivity index (χ4n) is 3.06. The number of amides is 2. The van der Waals surface area contributed by atoms with Gasteiger partial charge in [-0.2, -0.15) is 0 Å². The number of benzene rings is 2. The number of rotatable bonds is 3. The van der Waals surface area contributed by atoms with E-state index in [-0.39, 0.29) is 11.8 Å². The summed E-state index contributed by atoms with van der Waals surface area (Å²) in [6, 6.07) is 17.7. The molecule has 1 aliphatic rings. The summed E-state index contributed by atoms with van der Waals surface area (Å²) < 4.78 is 0. The van der Waals surface area contributed by atoms with E-state index in [0.29, 0.717) is 22.7 Å². The normalized spacial score (nSPS) is 16.1. The molecule has 27 heavy (non-hydrogen) atoms. The first-order chi connectivity index (χ1) is 13.1. The van der Waals surface area contributed by atoms with Crippen molar-refractivity contribution in [1.82, 2.24) is 10.3 Å². The molecule has 0 radical (unpaired) electrons. The van der Waals surface area contributed by atoms with Gasteiger partial charge in [-0.3, -0.25) is 14.6 Å². The predicted octanol–water partition coefficient (Wildman–Crippen LogP) is 3.70. The number of hydrogen-bond acceptors (Lipinski definition) is 3. The van der Waals surface area contributed by atoms with Gasteiger partial charge < -0.3 is 10.6 Å². The van der Waals surface area contributed by atoms with Gasteiger partial charge in [-0.05, 0) is 35.9 Å². The van der Waals surface area contributed by atoms with Crippen LogP contribution < -0.4 is 10.6 Å². The van der Waals surface area contributed by atoms with E-state index in [1.807, 2.05) is 42.5 Å². The first-order valence-electron chi connectivity index (χ1n) is 8.52. The van der Waals surface area contributed by atoms with E-state index in [9.17, 15) is 9.59 Å².